The molecule has 0 aliphatic heterocycles. The van der Waals surface area contributed by atoms with Gasteiger partial charge in [0.25, 0.3) is 0 Å². The molecule has 0 saturated heterocycles. The highest BCUT2D eigenvalue weighted by molar-refractivity contribution is 5.95. The van der Waals surface area contributed by atoms with Crippen LogP contribution in [0.15, 0.2) is 54.6 Å². The third kappa shape index (κ3) is 2.73. The quantitative estimate of drug-likeness (QED) is 0.871. The van der Waals surface area contributed by atoms with Crippen LogP contribution in [0.2, 0.25) is 0 Å². The molecule has 0 aromatic heterocycles. The minimum atomic E-state index is -0.814. The molecule has 1 amide bonds. The first kappa shape index (κ1) is 12.3. The molecule has 2 rings (SSSR count). The number of amides is 1. The Bertz CT molecular complexity index is 543. The first-order valence-electron chi connectivity index (χ1n) is 5.54. The van der Waals surface area contributed by atoms with Crippen LogP contribution in [0.5, 0.6) is 0 Å². The number of anilines is 1. The summed E-state index contributed by atoms with van der Waals surface area (Å²) in [5.41, 5.74) is 6.62. The van der Waals surface area contributed by atoms with Crippen molar-refractivity contribution in [1.29, 1.82) is 0 Å². The van der Waals surface area contributed by atoms with Crippen molar-refractivity contribution in [2.24, 2.45) is 5.73 Å². The standard InChI is InChI=1S/C14H13FN2O/c15-11-8-4-5-9-12(11)17-14(18)13(16)10-6-2-1-3-7-10/h1-9,13H,16H2,(H,17,18)/t13-/m1/s1. The van der Waals surface area contributed by atoms with Crippen LogP contribution in [0, 0.1) is 5.82 Å². The van der Waals surface area contributed by atoms with E-state index < -0.39 is 17.8 Å². The first-order chi connectivity index (χ1) is 8.68. The second-order valence-electron chi connectivity index (χ2n) is 3.86. The minimum Gasteiger partial charge on any atom is -0.322 e. The Hall–Kier alpha value is -2.20. The van der Waals surface area contributed by atoms with Crippen LogP contribution < -0.4 is 11.1 Å². The highest BCUT2D eigenvalue weighted by atomic mass is 19.1. The van der Waals surface area contributed by atoms with Crippen LogP contribution in [-0.4, -0.2) is 5.91 Å². The van der Waals surface area contributed by atoms with Crippen molar-refractivity contribution in [1.82, 2.24) is 0 Å². The van der Waals surface area contributed by atoms with Crippen LogP contribution in [0.1, 0.15) is 11.6 Å². The average molecular weight is 244 g/mol. The molecule has 3 nitrogen and oxygen atoms in total. The van der Waals surface area contributed by atoms with Crippen molar-refractivity contribution < 1.29 is 9.18 Å². The number of hydrogen-bond acceptors (Lipinski definition) is 2. The number of rotatable bonds is 3. The molecule has 92 valence electrons. The molecule has 0 aliphatic carbocycles. The van der Waals surface area contributed by atoms with Gasteiger partial charge in [0.15, 0.2) is 0 Å². The van der Waals surface area contributed by atoms with Gasteiger partial charge in [0.2, 0.25) is 5.91 Å². The Morgan fingerprint density at radius 1 is 1.06 bits per heavy atom. The molecule has 0 saturated carbocycles. The smallest absolute Gasteiger partial charge is 0.245 e. The van der Waals surface area contributed by atoms with E-state index >= 15 is 0 Å². The highest BCUT2D eigenvalue weighted by Gasteiger charge is 2.16. The zero-order valence-corrected chi connectivity index (χ0v) is 9.64. The van der Waals surface area contributed by atoms with E-state index in [-0.39, 0.29) is 5.69 Å². The molecule has 0 bridgehead atoms. The molecule has 0 heterocycles. The van der Waals surface area contributed by atoms with Crippen molar-refractivity contribution in [2.45, 2.75) is 6.04 Å². The van der Waals surface area contributed by atoms with Crippen LogP contribution >= 0.6 is 0 Å². The van der Waals surface area contributed by atoms with Gasteiger partial charge in [-0.05, 0) is 17.7 Å². The molecule has 0 radical (unpaired) electrons. The molecule has 0 fully saturated rings. The molecular weight excluding hydrogens is 231 g/mol. The molecule has 1 atom stereocenters. The molecule has 0 spiro atoms. The minimum absolute atomic E-state index is 0.133. The van der Waals surface area contributed by atoms with Crippen molar-refractivity contribution in [3.05, 3.63) is 66.0 Å². The summed E-state index contributed by atoms with van der Waals surface area (Å²) in [4.78, 5) is 11.9. The summed E-state index contributed by atoms with van der Waals surface area (Å²) in [5.74, 6) is -0.919. The molecule has 2 aromatic carbocycles. The molecule has 0 aliphatic rings. The normalized spacial score (nSPS) is 11.9. The van der Waals surface area contributed by atoms with Crippen LogP contribution in [0.25, 0.3) is 0 Å². The molecule has 3 N–H and O–H groups in total. The van der Waals surface area contributed by atoms with E-state index in [1.807, 2.05) is 6.07 Å². The van der Waals surface area contributed by atoms with E-state index in [9.17, 15) is 9.18 Å². The Morgan fingerprint density at radius 3 is 2.33 bits per heavy atom. The fourth-order valence-electron chi connectivity index (χ4n) is 1.58. The number of halogens is 1. The third-order valence-corrected chi connectivity index (χ3v) is 2.57. The zero-order valence-electron chi connectivity index (χ0n) is 9.64. The lowest BCUT2D eigenvalue weighted by Crippen LogP contribution is -2.28. The molecule has 0 unspecified atom stereocenters. The summed E-state index contributed by atoms with van der Waals surface area (Å²) < 4.78 is 13.4. The Morgan fingerprint density at radius 2 is 1.67 bits per heavy atom. The number of para-hydroxylation sites is 1. The van der Waals surface area contributed by atoms with Gasteiger partial charge in [-0.15, -0.1) is 0 Å². The zero-order chi connectivity index (χ0) is 13.0. The maximum absolute atomic E-state index is 13.4. The Labute approximate surface area is 104 Å². The SMILES string of the molecule is N[C@@H](C(=O)Nc1ccccc1F)c1ccccc1. The number of benzene rings is 2. The summed E-state index contributed by atoms with van der Waals surface area (Å²) in [6.07, 6.45) is 0. The van der Waals surface area contributed by atoms with E-state index in [1.165, 1.54) is 12.1 Å². The van der Waals surface area contributed by atoms with Gasteiger partial charge >= 0.3 is 0 Å². The molecule has 18 heavy (non-hydrogen) atoms. The van der Waals surface area contributed by atoms with Crippen molar-refractivity contribution >= 4 is 11.6 Å². The van der Waals surface area contributed by atoms with Crippen LogP contribution in [-0.2, 0) is 4.79 Å². The van der Waals surface area contributed by atoms with Crippen LogP contribution in [0.4, 0.5) is 10.1 Å². The van der Waals surface area contributed by atoms with Gasteiger partial charge in [-0.2, -0.15) is 0 Å². The molecule has 4 heteroatoms. The van der Waals surface area contributed by atoms with Gasteiger partial charge in [-0.3, -0.25) is 4.79 Å². The number of nitrogens with one attached hydrogen (secondary N) is 1. The van der Waals surface area contributed by atoms with E-state index in [4.69, 9.17) is 5.73 Å². The second kappa shape index (κ2) is 5.42. The number of carbonyl (C=O) groups excluding carboxylic acids is 1. The first-order valence-corrected chi connectivity index (χ1v) is 5.54. The van der Waals surface area contributed by atoms with E-state index in [2.05, 4.69) is 5.32 Å². The lowest BCUT2D eigenvalue weighted by atomic mass is 10.1. The predicted molar refractivity (Wildman–Crippen MR) is 68.4 cm³/mol. The number of carbonyl (C=O) groups is 1. The summed E-state index contributed by atoms with van der Waals surface area (Å²) >= 11 is 0. The fourth-order valence-corrected chi connectivity index (χ4v) is 1.58. The van der Waals surface area contributed by atoms with Gasteiger partial charge in [-0.25, -0.2) is 4.39 Å². The largest absolute Gasteiger partial charge is 0.322 e. The highest BCUT2D eigenvalue weighted by Crippen LogP contribution is 2.16. The van der Waals surface area contributed by atoms with Gasteiger partial charge in [0.05, 0.1) is 5.69 Å². The van der Waals surface area contributed by atoms with Gasteiger partial charge in [0, 0.05) is 0 Å². The lowest BCUT2D eigenvalue weighted by molar-refractivity contribution is -0.117. The number of hydrogen-bond donors (Lipinski definition) is 2. The Balaban J connectivity index is 2.12. The van der Waals surface area contributed by atoms with E-state index in [0.717, 1.165) is 0 Å². The molecule has 2 aromatic rings. The summed E-state index contributed by atoms with van der Waals surface area (Å²) in [7, 11) is 0. The van der Waals surface area contributed by atoms with Crippen molar-refractivity contribution in [2.75, 3.05) is 5.32 Å². The monoisotopic (exact) mass is 244 g/mol. The average Bonchev–Trinajstić information content (AvgIpc) is 2.41. The van der Waals surface area contributed by atoms with Crippen molar-refractivity contribution in [3.8, 4) is 0 Å². The molecular formula is C14H13FN2O. The van der Waals surface area contributed by atoms with Gasteiger partial charge in [0.1, 0.15) is 11.9 Å². The van der Waals surface area contributed by atoms with Gasteiger partial charge < -0.3 is 11.1 Å². The summed E-state index contributed by atoms with van der Waals surface area (Å²) in [6.45, 7) is 0. The summed E-state index contributed by atoms with van der Waals surface area (Å²) in [5, 5.41) is 2.47. The fraction of sp³-hybridized carbons (Fsp3) is 0.0714. The maximum Gasteiger partial charge on any atom is 0.245 e. The summed E-state index contributed by atoms with van der Waals surface area (Å²) in [6, 6.07) is 14.1. The number of nitrogens with two attached hydrogens (primary N) is 1. The van der Waals surface area contributed by atoms with E-state index in [0.29, 0.717) is 5.56 Å². The lowest BCUT2D eigenvalue weighted by Gasteiger charge is -2.12. The van der Waals surface area contributed by atoms with Gasteiger partial charge in [-0.1, -0.05) is 42.5 Å². The topological polar surface area (TPSA) is 55.1 Å². The third-order valence-electron chi connectivity index (χ3n) is 2.57. The van der Waals surface area contributed by atoms with Crippen molar-refractivity contribution in [3.63, 3.8) is 0 Å². The second-order valence-corrected chi connectivity index (χ2v) is 3.86. The maximum atomic E-state index is 13.4. The predicted octanol–water partition coefficient (Wildman–Crippen LogP) is 2.46. The van der Waals surface area contributed by atoms with Crippen LogP contribution in [0.3, 0.4) is 0 Å². The Kier molecular flexibility index (Phi) is 3.69. The van der Waals surface area contributed by atoms with E-state index in [1.54, 1.807) is 36.4 Å².